The van der Waals surface area contributed by atoms with E-state index in [0.717, 1.165) is 24.0 Å². The van der Waals surface area contributed by atoms with Crippen LogP contribution in [-0.2, 0) is 21.4 Å². The van der Waals surface area contributed by atoms with Gasteiger partial charge in [0.25, 0.3) is 0 Å². The van der Waals surface area contributed by atoms with E-state index >= 15 is 0 Å². The number of methoxy groups -OCH3 is 1. The molecule has 1 saturated carbocycles. The zero-order valence-electron chi connectivity index (χ0n) is 12.8. The number of benzene rings is 1. The molecular formula is C16H19N3O3. The van der Waals surface area contributed by atoms with Crippen molar-refractivity contribution in [2.45, 2.75) is 24.7 Å². The van der Waals surface area contributed by atoms with Gasteiger partial charge in [-0.15, -0.1) is 0 Å². The number of ether oxygens (including phenoxy) is 1. The molecule has 0 aliphatic heterocycles. The monoisotopic (exact) mass is 301 g/mol. The molecule has 1 aromatic carbocycles. The lowest BCUT2D eigenvalue weighted by Crippen LogP contribution is -2.19. The topological polar surface area (TPSA) is 77.2 Å². The van der Waals surface area contributed by atoms with Crippen LogP contribution in [0.2, 0.25) is 0 Å². The van der Waals surface area contributed by atoms with Crippen LogP contribution >= 0.6 is 0 Å². The number of nitrogens with one attached hydrogen (secondary N) is 1. The Morgan fingerprint density at radius 1 is 1.36 bits per heavy atom. The van der Waals surface area contributed by atoms with Gasteiger partial charge >= 0.3 is 0 Å². The van der Waals surface area contributed by atoms with E-state index < -0.39 is 0 Å². The van der Waals surface area contributed by atoms with Crippen LogP contribution in [-0.4, -0.2) is 36.8 Å². The number of carbonyl (C=O) groups is 1. The highest BCUT2D eigenvalue weighted by Gasteiger charge is 2.49. The second kappa shape index (κ2) is 5.88. The molecule has 6 heteroatoms. The third-order valence-electron chi connectivity index (χ3n) is 4.01. The van der Waals surface area contributed by atoms with E-state index in [-0.39, 0.29) is 11.3 Å². The van der Waals surface area contributed by atoms with E-state index in [2.05, 4.69) is 15.5 Å². The van der Waals surface area contributed by atoms with E-state index in [4.69, 9.17) is 9.26 Å². The molecule has 6 nitrogen and oxygen atoms in total. The number of carbonyl (C=O) groups excluding carboxylic acids is 1. The molecule has 0 atom stereocenters. The summed E-state index contributed by atoms with van der Waals surface area (Å²) in [6, 6.07) is 7.62. The molecular weight excluding hydrogens is 282 g/mol. The Morgan fingerprint density at radius 3 is 2.68 bits per heavy atom. The maximum absolute atomic E-state index is 11.4. The fourth-order valence-corrected chi connectivity index (χ4v) is 2.45. The average Bonchev–Trinajstić information content (AvgIpc) is 3.14. The van der Waals surface area contributed by atoms with E-state index in [1.165, 1.54) is 0 Å². The minimum absolute atomic E-state index is 0.00941. The summed E-state index contributed by atoms with van der Waals surface area (Å²) in [6.45, 7) is 0.611. The first-order chi connectivity index (χ1) is 10.7. The molecule has 22 heavy (non-hydrogen) atoms. The molecule has 3 rings (SSSR count). The van der Waals surface area contributed by atoms with Crippen LogP contribution in [0.25, 0.3) is 11.4 Å². The fourth-order valence-electron chi connectivity index (χ4n) is 2.45. The van der Waals surface area contributed by atoms with Crippen molar-refractivity contribution in [3.8, 4) is 11.4 Å². The highest BCUT2D eigenvalue weighted by molar-refractivity contribution is 5.78. The second-order valence-corrected chi connectivity index (χ2v) is 5.68. The van der Waals surface area contributed by atoms with Crippen molar-refractivity contribution in [2.75, 3.05) is 20.8 Å². The van der Waals surface area contributed by atoms with Crippen molar-refractivity contribution >= 4 is 5.91 Å². The molecule has 116 valence electrons. The Kier molecular flexibility index (Phi) is 3.94. The fraction of sp³-hybridized carbons (Fsp3) is 0.438. The number of nitrogens with zero attached hydrogens (tertiary/aromatic N) is 2. The third-order valence-corrected chi connectivity index (χ3v) is 4.01. The van der Waals surface area contributed by atoms with Gasteiger partial charge in [0.15, 0.2) is 0 Å². The molecule has 1 aliphatic rings. The quantitative estimate of drug-likeness (QED) is 0.878. The Morgan fingerprint density at radius 2 is 2.09 bits per heavy atom. The predicted molar refractivity (Wildman–Crippen MR) is 80.3 cm³/mol. The molecule has 0 bridgehead atoms. The van der Waals surface area contributed by atoms with Crippen LogP contribution in [0, 0.1) is 0 Å². The average molecular weight is 301 g/mol. The first-order valence-electron chi connectivity index (χ1n) is 7.30. The van der Waals surface area contributed by atoms with Crippen LogP contribution in [0.5, 0.6) is 0 Å². The van der Waals surface area contributed by atoms with E-state index in [9.17, 15) is 4.79 Å². The highest BCUT2D eigenvalue weighted by Crippen LogP contribution is 2.47. The van der Waals surface area contributed by atoms with Gasteiger partial charge in [-0.3, -0.25) is 4.79 Å². The summed E-state index contributed by atoms with van der Waals surface area (Å²) in [6.07, 6.45) is 2.41. The molecule has 1 fully saturated rings. The molecule has 1 N–H and O–H groups in total. The zero-order valence-corrected chi connectivity index (χ0v) is 12.8. The predicted octanol–water partition coefficient (Wildman–Crippen LogP) is 1.70. The summed E-state index contributed by atoms with van der Waals surface area (Å²) in [5.41, 5.74) is 1.74. The van der Waals surface area contributed by atoms with Gasteiger partial charge in [-0.1, -0.05) is 29.4 Å². The van der Waals surface area contributed by atoms with Gasteiger partial charge in [0.2, 0.25) is 17.6 Å². The van der Waals surface area contributed by atoms with Gasteiger partial charge in [-0.05, 0) is 18.4 Å². The number of hydrogen-bond donors (Lipinski definition) is 1. The molecule has 2 aromatic rings. The minimum atomic E-state index is -0.0842. The number of aromatic nitrogens is 2. The van der Waals surface area contributed by atoms with Crippen molar-refractivity contribution in [3.05, 3.63) is 35.7 Å². The summed E-state index contributed by atoms with van der Waals surface area (Å²) < 4.78 is 10.6. The number of amides is 1. The van der Waals surface area contributed by atoms with E-state index in [0.29, 0.717) is 24.7 Å². The van der Waals surface area contributed by atoms with Crippen LogP contribution in [0.1, 0.15) is 24.3 Å². The standard InChI is InChI=1S/C16H19N3O3/c1-17-13(20)9-11-3-5-12(6-4-11)14-18-15(22-19-14)16(7-8-16)10-21-2/h3-6H,7-10H2,1-2H3,(H,17,20). The summed E-state index contributed by atoms with van der Waals surface area (Å²) in [4.78, 5) is 15.9. The Hall–Kier alpha value is -2.21. The Bertz CT molecular complexity index is 660. The number of likely N-dealkylation sites (N-methyl/N-ethyl adjacent to an activating group) is 1. The van der Waals surface area contributed by atoms with E-state index in [1.807, 2.05) is 24.3 Å². The van der Waals surface area contributed by atoms with Gasteiger partial charge < -0.3 is 14.6 Å². The van der Waals surface area contributed by atoms with Crippen molar-refractivity contribution in [1.29, 1.82) is 0 Å². The van der Waals surface area contributed by atoms with Gasteiger partial charge in [0.1, 0.15) is 0 Å². The molecule has 0 spiro atoms. The molecule has 1 heterocycles. The number of hydrogen-bond acceptors (Lipinski definition) is 5. The lowest BCUT2D eigenvalue weighted by Gasteiger charge is -2.06. The van der Waals surface area contributed by atoms with Crippen molar-refractivity contribution in [2.24, 2.45) is 0 Å². The summed E-state index contributed by atoms with van der Waals surface area (Å²) >= 11 is 0. The minimum Gasteiger partial charge on any atom is -0.384 e. The summed E-state index contributed by atoms with van der Waals surface area (Å²) in [7, 11) is 3.31. The van der Waals surface area contributed by atoms with Gasteiger partial charge in [-0.2, -0.15) is 4.98 Å². The van der Waals surface area contributed by atoms with Crippen LogP contribution in [0.15, 0.2) is 28.8 Å². The maximum Gasteiger partial charge on any atom is 0.235 e. The van der Waals surface area contributed by atoms with Gasteiger partial charge in [0, 0.05) is 19.7 Å². The lowest BCUT2D eigenvalue weighted by atomic mass is 10.1. The summed E-state index contributed by atoms with van der Waals surface area (Å²) in [5, 5.41) is 6.67. The Labute approximate surface area is 128 Å². The zero-order chi connectivity index (χ0) is 15.6. The molecule has 0 saturated heterocycles. The first-order valence-corrected chi connectivity index (χ1v) is 7.30. The molecule has 1 aromatic heterocycles. The molecule has 0 unspecified atom stereocenters. The molecule has 1 amide bonds. The SMILES string of the molecule is CNC(=O)Cc1ccc(-c2noc(C3(COC)CC3)n2)cc1. The van der Waals surface area contributed by atoms with Gasteiger partial charge in [-0.25, -0.2) is 0 Å². The largest absolute Gasteiger partial charge is 0.384 e. The second-order valence-electron chi connectivity index (χ2n) is 5.68. The van der Waals surface area contributed by atoms with Crippen molar-refractivity contribution in [3.63, 3.8) is 0 Å². The van der Waals surface area contributed by atoms with Crippen molar-refractivity contribution < 1.29 is 14.1 Å². The Balaban J connectivity index is 1.75. The van der Waals surface area contributed by atoms with Gasteiger partial charge in [0.05, 0.1) is 18.4 Å². The highest BCUT2D eigenvalue weighted by atomic mass is 16.5. The number of rotatable bonds is 6. The van der Waals surface area contributed by atoms with Crippen LogP contribution < -0.4 is 5.32 Å². The van der Waals surface area contributed by atoms with Crippen LogP contribution in [0.3, 0.4) is 0 Å². The van der Waals surface area contributed by atoms with E-state index in [1.54, 1.807) is 14.2 Å². The summed E-state index contributed by atoms with van der Waals surface area (Å²) in [5.74, 6) is 1.22. The normalized spacial score (nSPS) is 15.5. The lowest BCUT2D eigenvalue weighted by molar-refractivity contribution is -0.119. The van der Waals surface area contributed by atoms with Crippen LogP contribution in [0.4, 0.5) is 0 Å². The van der Waals surface area contributed by atoms with Crippen molar-refractivity contribution in [1.82, 2.24) is 15.5 Å². The first kappa shape index (κ1) is 14.7. The molecule has 1 aliphatic carbocycles. The third kappa shape index (κ3) is 2.87. The maximum atomic E-state index is 11.4. The smallest absolute Gasteiger partial charge is 0.235 e. The molecule has 0 radical (unpaired) electrons.